The van der Waals surface area contributed by atoms with Crippen LogP contribution >= 0.6 is 0 Å². The Hall–Kier alpha value is -2.31. The lowest BCUT2D eigenvalue weighted by atomic mass is 10.1. The summed E-state index contributed by atoms with van der Waals surface area (Å²) in [6.45, 7) is 2.35. The molecule has 1 aromatic rings. The van der Waals surface area contributed by atoms with Gasteiger partial charge in [0.2, 0.25) is 11.8 Å². The minimum atomic E-state index is -1.02. The Bertz CT molecular complexity index is 616. The lowest BCUT2D eigenvalue weighted by Gasteiger charge is -2.31. The van der Waals surface area contributed by atoms with E-state index in [1.807, 2.05) is 5.32 Å². The van der Waals surface area contributed by atoms with Crippen molar-refractivity contribution in [3.05, 3.63) is 34.9 Å². The first kappa shape index (κ1) is 14.1. The predicted octanol–water partition coefficient (Wildman–Crippen LogP) is 0.760. The minimum absolute atomic E-state index is 0.107. The number of rotatable bonds is 1. The molecule has 5 nitrogen and oxygen atoms in total. The summed E-state index contributed by atoms with van der Waals surface area (Å²) in [5, 5.41) is 2.05. The summed E-state index contributed by atoms with van der Waals surface area (Å²) in [6.07, 6.45) is 0. The van der Waals surface area contributed by atoms with Crippen molar-refractivity contribution in [2.45, 2.75) is 19.9 Å². The van der Waals surface area contributed by atoms with E-state index in [0.717, 1.165) is 11.0 Å². The van der Waals surface area contributed by atoms with Crippen molar-refractivity contribution >= 4 is 17.7 Å². The molecule has 0 spiro atoms. The smallest absolute Gasteiger partial charge is 0.260 e. The van der Waals surface area contributed by atoms with Crippen molar-refractivity contribution in [1.29, 1.82) is 0 Å². The molecule has 20 heavy (non-hydrogen) atoms. The van der Waals surface area contributed by atoms with Gasteiger partial charge in [-0.25, -0.2) is 8.78 Å². The highest BCUT2D eigenvalue weighted by Gasteiger charge is 2.36. The van der Waals surface area contributed by atoms with Crippen LogP contribution < -0.4 is 5.32 Å². The van der Waals surface area contributed by atoms with Gasteiger partial charge in [0, 0.05) is 0 Å². The van der Waals surface area contributed by atoms with Gasteiger partial charge in [0.05, 0.1) is 0 Å². The van der Waals surface area contributed by atoms with Crippen LogP contribution in [0.25, 0.3) is 0 Å². The fraction of sp³-hybridized carbons (Fsp3) is 0.308. The van der Waals surface area contributed by atoms with Gasteiger partial charge in [0.25, 0.3) is 5.91 Å². The highest BCUT2D eigenvalue weighted by Crippen LogP contribution is 2.20. The molecule has 7 heteroatoms. The van der Waals surface area contributed by atoms with Crippen LogP contribution in [0.5, 0.6) is 0 Å². The molecule has 1 aliphatic heterocycles. The first-order valence-corrected chi connectivity index (χ1v) is 5.92. The second-order valence-electron chi connectivity index (χ2n) is 4.57. The zero-order chi connectivity index (χ0) is 15.0. The minimum Gasteiger partial charge on any atom is -0.317 e. The Morgan fingerprint density at radius 1 is 1.35 bits per heavy atom. The number of carbonyl (C=O) groups excluding carboxylic acids is 3. The van der Waals surface area contributed by atoms with E-state index in [0.29, 0.717) is 0 Å². The maximum Gasteiger partial charge on any atom is 0.260 e. The number of halogens is 2. The summed E-state index contributed by atoms with van der Waals surface area (Å²) in [6, 6.07) is 1.21. The molecule has 1 fully saturated rings. The molecule has 1 aromatic carbocycles. The maximum atomic E-state index is 13.9. The molecule has 1 unspecified atom stereocenters. The molecule has 2 rings (SSSR count). The molecular weight excluding hydrogens is 270 g/mol. The summed E-state index contributed by atoms with van der Waals surface area (Å²) in [7, 11) is 0. The van der Waals surface area contributed by atoms with Crippen molar-refractivity contribution in [1.82, 2.24) is 10.2 Å². The Morgan fingerprint density at radius 3 is 2.65 bits per heavy atom. The molecule has 1 saturated heterocycles. The Balaban J connectivity index is 2.43. The van der Waals surface area contributed by atoms with Gasteiger partial charge in [-0.05, 0) is 25.5 Å². The van der Waals surface area contributed by atoms with Gasteiger partial charge in [-0.1, -0.05) is 6.07 Å². The first-order valence-electron chi connectivity index (χ1n) is 5.92. The number of aryl methyl sites for hydroxylation is 1. The second-order valence-corrected chi connectivity index (χ2v) is 4.57. The van der Waals surface area contributed by atoms with Crippen molar-refractivity contribution in [3.8, 4) is 0 Å². The lowest BCUT2D eigenvalue weighted by molar-refractivity contribution is -0.138. The van der Waals surface area contributed by atoms with Crippen molar-refractivity contribution in [2.75, 3.05) is 6.54 Å². The molecule has 106 valence electrons. The summed E-state index contributed by atoms with van der Waals surface area (Å²) in [5.74, 6) is -4.39. The predicted molar refractivity (Wildman–Crippen MR) is 64.7 cm³/mol. The zero-order valence-corrected chi connectivity index (χ0v) is 10.9. The number of benzene rings is 1. The fourth-order valence-corrected chi connectivity index (χ4v) is 1.96. The average Bonchev–Trinajstić information content (AvgIpc) is 2.38. The molecule has 1 aliphatic rings. The Kier molecular flexibility index (Phi) is 3.52. The number of nitrogens with one attached hydrogen (secondary N) is 1. The summed E-state index contributed by atoms with van der Waals surface area (Å²) in [4.78, 5) is 35.8. The number of amides is 3. The van der Waals surface area contributed by atoms with Crippen molar-refractivity contribution in [3.63, 3.8) is 0 Å². The highest BCUT2D eigenvalue weighted by molar-refractivity contribution is 6.07. The van der Waals surface area contributed by atoms with Crippen LogP contribution in [0.1, 0.15) is 22.8 Å². The van der Waals surface area contributed by atoms with E-state index >= 15 is 0 Å². The molecule has 0 aromatic heterocycles. The topological polar surface area (TPSA) is 66.5 Å². The number of carbonyl (C=O) groups is 3. The number of imide groups is 1. The summed E-state index contributed by atoms with van der Waals surface area (Å²) in [5.41, 5.74) is -0.644. The molecule has 0 aliphatic carbocycles. The number of nitrogens with zero attached hydrogens (tertiary/aromatic N) is 1. The molecule has 0 bridgehead atoms. The monoisotopic (exact) mass is 282 g/mol. The molecule has 0 saturated carbocycles. The second kappa shape index (κ2) is 4.99. The van der Waals surface area contributed by atoms with Gasteiger partial charge in [-0.15, -0.1) is 0 Å². The summed E-state index contributed by atoms with van der Waals surface area (Å²) < 4.78 is 27.6. The highest BCUT2D eigenvalue weighted by atomic mass is 19.1. The van der Waals surface area contributed by atoms with Crippen LogP contribution in [0.2, 0.25) is 0 Å². The fourth-order valence-electron chi connectivity index (χ4n) is 1.96. The third-order valence-electron chi connectivity index (χ3n) is 3.18. The molecule has 1 atom stereocenters. The average molecular weight is 282 g/mol. The van der Waals surface area contributed by atoms with Gasteiger partial charge in [-0.3, -0.25) is 19.7 Å². The van der Waals surface area contributed by atoms with E-state index in [1.165, 1.54) is 19.9 Å². The third-order valence-corrected chi connectivity index (χ3v) is 3.18. The van der Waals surface area contributed by atoms with E-state index in [1.54, 1.807) is 0 Å². The van der Waals surface area contributed by atoms with Crippen LogP contribution in [-0.4, -0.2) is 35.2 Å². The number of hydrogen-bond donors (Lipinski definition) is 1. The first-order chi connectivity index (χ1) is 9.32. The zero-order valence-electron chi connectivity index (χ0n) is 10.9. The van der Waals surface area contributed by atoms with Gasteiger partial charge in [-0.2, -0.15) is 0 Å². The quantitative estimate of drug-likeness (QED) is 0.773. The molecule has 1 heterocycles. The Labute approximate surface area is 113 Å². The SMILES string of the molecule is Cc1ccc(F)c(C(=O)N2CC(=O)NC(=O)C2C)c1F. The van der Waals surface area contributed by atoms with Crippen LogP contribution in [-0.2, 0) is 9.59 Å². The van der Waals surface area contributed by atoms with E-state index in [2.05, 4.69) is 0 Å². The lowest BCUT2D eigenvalue weighted by Crippen LogP contribution is -2.58. The number of piperazine rings is 1. The maximum absolute atomic E-state index is 13.9. The van der Waals surface area contributed by atoms with Gasteiger partial charge in [0.1, 0.15) is 29.8 Å². The van der Waals surface area contributed by atoms with Crippen LogP contribution in [0.4, 0.5) is 8.78 Å². The summed E-state index contributed by atoms with van der Waals surface area (Å²) >= 11 is 0. The molecule has 0 radical (unpaired) electrons. The third kappa shape index (κ3) is 2.26. The standard InChI is InChI=1S/C13H12F2N2O3/c1-6-3-4-8(14)10(11(6)15)13(20)17-5-9(18)16-12(19)7(17)2/h3-4,7H,5H2,1-2H3,(H,16,18,19). The van der Waals surface area contributed by atoms with E-state index in [-0.39, 0.29) is 5.56 Å². The van der Waals surface area contributed by atoms with Crippen molar-refractivity contribution in [2.24, 2.45) is 0 Å². The van der Waals surface area contributed by atoms with E-state index in [4.69, 9.17) is 0 Å². The number of hydrogen-bond acceptors (Lipinski definition) is 3. The molecular formula is C13H12F2N2O3. The molecule has 1 N–H and O–H groups in total. The van der Waals surface area contributed by atoms with Gasteiger partial charge < -0.3 is 4.90 Å². The van der Waals surface area contributed by atoms with Crippen LogP contribution in [0, 0.1) is 18.6 Å². The van der Waals surface area contributed by atoms with E-state index in [9.17, 15) is 23.2 Å². The van der Waals surface area contributed by atoms with E-state index < -0.39 is 47.5 Å². The Morgan fingerprint density at radius 2 is 2.00 bits per heavy atom. The molecule has 3 amide bonds. The van der Waals surface area contributed by atoms with Gasteiger partial charge in [0.15, 0.2) is 0 Å². The van der Waals surface area contributed by atoms with Crippen LogP contribution in [0.15, 0.2) is 12.1 Å². The van der Waals surface area contributed by atoms with Gasteiger partial charge >= 0.3 is 0 Å². The largest absolute Gasteiger partial charge is 0.317 e. The normalized spacial score (nSPS) is 19.0. The van der Waals surface area contributed by atoms with Crippen LogP contribution in [0.3, 0.4) is 0 Å². The van der Waals surface area contributed by atoms with Crippen molar-refractivity contribution < 1.29 is 23.2 Å².